The van der Waals surface area contributed by atoms with Gasteiger partial charge in [-0.3, -0.25) is 0 Å². The van der Waals surface area contributed by atoms with Gasteiger partial charge in [0.05, 0.1) is 9.35 Å². The molecule has 0 saturated carbocycles. The molecule has 1 aromatic heterocycles. The van der Waals surface area contributed by atoms with E-state index in [1.54, 1.807) is 0 Å². The number of aryl methyl sites for hydroxylation is 1. The van der Waals surface area contributed by atoms with E-state index in [4.69, 9.17) is 0 Å². The van der Waals surface area contributed by atoms with Crippen LogP contribution in [0.5, 0.6) is 0 Å². The van der Waals surface area contributed by atoms with E-state index in [-0.39, 0.29) is 0 Å². The highest BCUT2D eigenvalue weighted by Gasteiger charge is 2.11. The second-order valence-corrected chi connectivity index (χ2v) is 17.7. The van der Waals surface area contributed by atoms with Crippen molar-refractivity contribution in [2.45, 2.75) is 136 Å². The summed E-state index contributed by atoms with van der Waals surface area (Å²) in [7, 11) is -1.35. The Morgan fingerprint density at radius 3 is 1.74 bits per heavy atom. The van der Waals surface area contributed by atoms with Gasteiger partial charge in [-0.05, 0) is 40.4 Å². The van der Waals surface area contributed by atoms with Gasteiger partial charge >= 0.3 is 0 Å². The number of fused-ring (bicyclic) bond motifs is 1. The van der Waals surface area contributed by atoms with Crippen LogP contribution in [0.1, 0.15) is 120 Å². The minimum absolute atomic E-state index is 1.19. The maximum absolute atomic E-state index is 3.79. The van der Waals surface area contributed by atoms with Crippen LogP contribution in [0.25, 0.3) is 10.1 Å². The normalized spacial score (nSPS) is 11.7. The van der Waals surface area contributed by atoms with E-state index < -0.39 is 8.07 Å². The van der Waals surface area contributed by atoms with Gasteiger partial charge in [0, 0.05) is 10.1 Å². The number of hydrogen-bond donors (Lipinski definition) is 0. The molecule has 2 aromatic rings. The topological polar surface area (TPSA) is 0 Å². The molecule has 2 rings (SSSR count). The molecule has 0 bridgehead atoms. The van der Waals surface area contributed by atoms with E-state index in [1.165, 1.54) is 134 Å². The summed E-state index contributed by atoms with van der Waals surface area (Å²) in [4.78, 5) is 1.19. The lowest BCUT2D eigenvalue weighted by molar-refractivity contribution is 0.529. The summed E-state index contributed by atoms with van der Waals surface area (Å²) in [6.45, 7) is 9.21. The van der Waals surface area contributed by atoms with Crippen LogP contribution in [0, 0.1) is 11.5 Å². The molecule has 1 heterocycles. The van der Waals surface area contributed by atoms with Crippen LogP contribution in [0.2, 0.25) is 19.6 Å². The number of rotatable bonds is 17. The smallest absolute Gasteiger partial charge is 0.126 e. The summed E-state index contributed by atoms with van der Waals surface area (Å²) in [5.41, 5.74) is 4.99. The minimum Gasteiger partial charge on any atom is -0.126 e. The lowest BCUT2D eigenvalue weighted by Crippen LogP contribution is -2.16. The van der Waals surface area contributed by atoms with Crippen LogP contribution in [-0.2, 0) is 6.42 Å². The van der Waals surface area contributed by atoms with Gasteiger partial charge in [0.2, 0.25) is 0 Å². The Kier molecular flexibility index (Phi) is 14.8. The van der Waals surface area contributed by atoms with Crippen molar-refractivity contribution in [2.75, 3.05) is 0 Å². The second kappa shape index (κ2) is 17.0. The first kappa shape index (κ1) is 29.7. The van der Waals surface area contributed by atoms with Crippen molar-refractivity contribution in [1.82, 2.24) is 0 Å². The Bertz CT molecular complexity index is 880. The van der Waals surface area contributed by atoms with Gasteiger partial charge in [-0.15, -0.1) is 16.9 Å². The van der Waals surface area contributed by atoms with Crippen molar-refractivity contribution in [3.63, 3.8) is 0 Å². The zero-order chi connectivity index (χ0) is 24.7. The minimum atomic E-state index is -1.35. The number of thiophene rings is 1. The molecule has 0 nitrogen and oxygen atoms in total. The van der Waals surface area contributed by atoms with Crippen LogP contribution in [0.3, 0.4) is 0 Å². The first-order chi connectivity index (χ1) is 16.4. The number of benzene rings is 1. The van der Waals surface area contributed by atoms with Crippen molar-refractivity contribution in [2.24, 2.45) is 0 Å². The molecule has 0 N–H and O–H groups in total. The zero-order valence-electron chi connectivity index (χ0n) is 22.5. The lowest BCUT2D eigenvalue weighted by atomic mass is 10.0. The molecular formula is C31H49BrSSi. The molecule has 0 unspecified atom stereocenters. The third-order valence-corrected chi connectivity index (χ3v) is 9.59. The summed E-state index contributed by atoms with van der Waals surface area (Å²) < 4.78 is 2.56. The Morgan fingerprint density at radius 1 is 0.735 bits per heavy atom. The summed E-state index contributed by atoms with van der Waals surface area (Å²) in [5, 5.41) is 1.32. The van der Waals surface area contributed by atoms with E-state index >= 15 is 0 Å². The SMILES string of the molecule is CCCCCCCCCCCCCCCCCCc1ccc2c(Br)c(C#C[Si](C)(C)C)sc2c1. The van der Waals surface area contributed by atoms with Crippen molar-refractivity contribution >= 4 is 45.4 Å². The molecule has 3 heteroatoms. The van der Waals surface area contributed by atoms with Gasteiger partial charge in [-0.25, -0.2) is 0 Å². The third-order valence-electron chi connectivity index (χ3n) is 6.56. The maximum Gasteiger partial charge on any atom is 0.129 e. The molecule has 0 saturated heterocycles. The summed E-state index contributed by atoms with van der Waals surface area (Å²) in [6, 6.07) is 7.01. The molecule has 0 atom stereocenters. The second-order valence-electron chi connectivity index (χ2n) is 11.1. The standard InChI is InChI=1S/C31H49BrSSi/c1-5-6-7-8-9-10-11-12-13-14-15-16-17-18-19-20-21-27-22-23-28-30(26-27)33-29(31(28)32)24-25-34(2,3)4/h22-23,26H,5-21H2,1-4H3. The molecule has 0 amide bonds. The highest BCUT2D eigenvalue weighted by Crippen LogP contribution is 2.36. The predicted molar refractivity (Wildman–Crippen MR) is 163 cm³/mol. The van der Waals surface area contributed by atoms with E-state index in [9.17, 15) is 0 Å². The summed E-state index contributed by atoms with van der Waals surface area (Å²) in [6.07, 6.45) is 24.1. The maximum atomic E-state index is 3.79. The highest BCUT2D eigenvalue weighted by atomic mass is 79.9. The van der Waals surface area contributed by atoms with E-state index in [2.05, 4.69) is 72.2 Å². The monoisotopic (exact) mass is 560 g/mol. The van der Waals surface area contributed by atoms with Crippen LogP contribution in [-0.4, -0.2) is 8.07 Å². The molecule has 190 valence electrons. The van der Waals surface area contributed by atoms with E-state index in [1.807, 2.05) is 11.3 Å². The molecule has 0 fully saturated rings. The van der Waals surface area contributed by atoms with E-state index in [0.717, 1.165) is 0 Å². The van der Waals surface area contributed by atoms with Crippen LogP contribution >= 0.6 is 27.3 Å². The quantitative estimate of drug-likeness (QED) is 0.102. The van der Waals surface area contributed by atoms with Crippen molar-refractivity contribution in [3.05, 3.63) is 33.1 Å². The molecule has 0 aliphatic rings. The van der Waals surface area contributed by atoms with Crippen LogP contribution in [0.4, 0.5) is 0 Å². The highest BCUT2D eigenvalue weighted by molar-refractivity contribution is 9.10. The first-order valence-corrected chi connectivity index (χ1v) is 19.3. The van der Waals surface area contributed by atoms with Gasteiger partial charge in [0.25, 0.3) is 0 Å². The van der Waals surface area contributed by atoms with Crippen LogP contribution in [0.15, 0.2) is 22.7 Å². The van der Waals surface area contributed by atoms with Crippen LogP contribution < -0.4 is 0 Å². The Labute approximate surface area is 224 Å². The molecule has 1 aromatic carbocycles. The van der Waals surface area contributed by atoms with Crippen molar-refractivity contribution in [1.29, 1.82) is 0 Å². The lowest BCUT2D eigenvalue weighted by Gasteiger charge is -2.04. The molecule has 0 radical (unpaired) electrons. The first-order valence-electron chi connectivity index (χ1n) is 14.1. The van der Waals surface area contributed by atoms with Crippen molar-refractivity contribution < 1.29 is 0 Å². The fraction of sp³-hybridized carbons (Fsp3) is 0.677. The number of hydrogen-bond acceptors (Lipinski definition) is 1. The molecule has 34 heavy (non-hydrogen) atoms. The molecule has 0 aliphatic carbocycles. The average molecular weight is 562 g/mol. The summed E-state index contributed by atoms with van der Waals surface area (Å²) in [5.74, 6) is 3.45. The van der Waals surface area contributed by atoms with Gasteiger partial charge in [0.1, 0.15) is 8.07 Å². The van der Waals surface area contributed by atoms with Gasteiger partial charge < -0.3 is 0 Å². The fourth-order valence-electron chi connectivity index (χ4n) is 4.47. The van der Waals surface area contributed by atoms with Gasteiger partial charge in [-0.2, -0.15) is 0 Å². The Balaban J connectivity index is 1.53. The predicted octanol–water partition coefficient (Wildman–Crippen LogP) is 11.7. The molecular weight excluding hydrogens is 512 g/mol. The molecule has 0 aliphatic heterocycles. The average Bonchev–Trinajstić information content (AvgIpc) is 3.12. The Morgan fingerprint density at radius 2 is 1.24 bits per heavy atom. The van der Waals surface area contributed by atoms with E-state index in [0.29, 0.717) is 0 Å². The zero-order valence-corrected chi connectivity index (χ0v) is 25.9. The summed E-state index contributed by atoms with van der Waals surface area (Å²) >= 11 is 5.64. The molecule has 0 spiro atoms. The Hall–Kier alpha value is -0.563. The number of unbranched alkanes of at least 4 members (excludes halogenated alkanes) is 15. The van der Waals surface area contributed by atoms with Gasteiger partial charge in [-0.1, -0.05) is 141 Å². The fourth-order valence-corrected chi connectivity index (χ4v) is 6.89. The number of halogens is 1. The van der Waals surface area contributed by atoms with Crippen molar-refractivity contribution in [3.8, 4) is 11.5 Å². The third kappa shape index (κ3) is 12.4. The van der Waals surface area contributed by atoms with Gasteiger partial charge in [0.15, 0.2) is 0 Å². The largest absolute Gasteiger partial charge is 0.129 e.